The van der Waals surface area contributed by atoms with Gasteiger partial charge in [0, 0.05) is 34.4 Å². The molecule has 0 aliphatic carbocycles. The van der Waals surface area contributed by atoms with Gasteiger partial charge in [0.05, 0.1) is 0 Å². The zero-order valence-electron chi connectivity index (χ0n) is 14.0. The molecule has 128 valence electrons. The maximum absolute atomic E-state index is 10.5. The molecule has 0 atom stereocenters. The van der Waals surface area contributed by atoms with Crippen molar-refractivity contribution in [3.63, 3.8) is 0 Å². The van der Waals surface area contributed by atoms with Gasteiger partial charge in [-0.3, -0.25) is 0 Å². The normalized spacial score (nSPS) is 11.5. The summed E-state index contributed by atoms with van der Waals surface area (Å²) in [6.07, 6.45) is 0.122. The molecular formula is C21H21NO3. The third-order valence-corrected chi connectivity index (χ3v) is 4.40. The molecule has 3 aromatic carbocycles. The number of hydrogen-bond donors (Lipinski definition) is 4. The first-order valence-electron chi connectivity index (χ1n) is 8.17. The molecule has 0 heterocycles. The maximum Gasteiger partial charge on any atom is 0.190 e. The molecule has 0 unspecified atom stereocenters. The van der Waals surface area contributed by atoms with Gasteiger partial charge in [-0.15, -0.1) is 0 Å². The second-order valence-corrected chi connectivity index (χ2v) is 6.01. The lowest BCUT2D eigenvalue weighted by molar-refractivity contribution is -0.170. The van der Waals surface area contributed by atoms with Crippen LogP contribution in [-0.4, -0.2) is 15.3 Å². The molecular weight excluding hydrogens is 314 g/mol. The second kappa shape index (κ2) is 6.59. The Hall–Kier alpha value is -2.82. The van der Waals surface area contributed by atoms with E-state index in [9.17, 15) is 15.3 Å². The van der Waals surface area contributed by atoms with E-state index in [0.29, 0.717) is 27.9 Å². The topological polar surface area (TPSA) is 86.7 Å². The van der Waals surface area contributed by atoms with Crippen molar-refractivity contribution in [2.75, 3.05) is 5.73 Å². The average Bonchev–Trinajstić information content (AvgIpc) is 2.63. The molecule has 4 nitrogen and oxygen atoms in total. The number of benzene rings is 3. The molecule has 0 radical (unpaired) electrons. The summed E-state index contributed by atoms with van der Waals surface area (Å²) in [7, 11) is 0. The molecule has 0 aliphatic heterocycles. The lowest BCUT2D eigenvalue weighted by atomic mass is 9.85. The van der Waals surface area contributed by atoms with Crippen molar-refractivity contribution < 1.29 is 15.3 Å². The Bertz CT molecular complexity index is 889. The van der Waals surface area contributed by atoms with E-state index in [1.165, 1.54) is 0 Å². The second-order valence-electron chi connectivity index (χ2n) is 6.01. The Morgan fingerprint density at radius 2 is 1.48 bits per heavy atom. The standard InChI is InChI=1S/C21H21NO3/c1-2-21(24,25)16-12-13-17(22)20(15-10-6-7-11-18(15)23)19(16)14-8-4-3-5-9-14/h3-13,23-25H,2,22H2,1H3. The van der Waals surface area contributed by atoms with Crippen molar-refractivity contribution in [1.29, 1.82) is 0 Å². The molecule has 0 bridgehead atoms. The maximum atomic E-state index is 10.5. The van der Waals surface area contributed by atoms with Gasteiger partial charge in [0.15, 0.2) is 5.79 Å². The monoisotopic (exact) mass is 335 g/mol. The van der Waals surface area contributed by atoms with Crippen LogP contribution in [0.1, 0.15) is 18.9 Å². The number of aliphatic hydroxyl groups is 2. The molecule has 5 N–H and O–H groups in total. The van der Waals surface area contributed by atoms with Gasteiger partial charge in [0.1, 0.15) is 5.75 Å². The third kappa shape index (κ3) is 3.09. The third-order valence-electron chi connectivity index (χ3n) is 4.40. The first kappa shape index (κ1) is 17.0. The summed E-state index contributed by atoms with van der Waals surface area (Å²) in [5.74, 6) is -1.92. The number of anilines is 1. The highest BCUT2D eigenvalue weighted by molar-refractivity contribution is 5.95. The Kier molecular flexibility index (Phi) is 4.49. The molecule has 0 amide bonds. The van der Waals surface area contributed by atoms with Crippen molar-refractivity contribution in [2.24, 2.45) is 0 Å². The van der Waals surface area contributed by atoms with Gasteiger partial charge in [-0.2, -0.15) is 0 Å². The van der Waals surface area contributed by atoms with Crippen LogP contribution in [-0.2, 0) is 5.79 Å². The Labute approximate surface area is 146 Å². The SMILES string of the molecule is CCC(O)(O)c1ccc(N)c(-c2ccccc2O)c1-c1ccccc1. The fourth-order valence-corrected chi connectivity index (χ4v) is 3.02. The zero-order chi connectivity index (χ0) is 18.0. The molecule has 3 aromatic rings. The van der Waals surface area contributed by atoms with E-state index in [-0.39, 0.29) is 12.2 Å². The lowest BCUT2D eigenvalue weighted by Gasteiger charge is -2.26. The van der Waals surface area contributed by atoms with Crippen molar-refractivity contribution >= 4 is 5.69 Å². The van der Waals surface area contributed by atoms with Gasteiger partial charge in [-0.05, 0) is 17.7 Å². The number of rotatable bonds is 4. The summed E-state index contributed by atoms with van der Waals surface area (Å²) >= 11 is 0. The van der Waals surface area contributed by atoms with Crippen LogP contribution in [0.3, 0.4) is 0 Å². The highest BCUT2D eigenvalue weighted by Crippen LogP contribution is 2.45. The van der Waals surface area contributed by atoms with Gasteiger partial charge in [0.2, 0.25) is 0 Å². The molecule has 0 fully saturated rings. The van der Waals surface area contributed by atoms with E-state index in [1.807, 2.05) is 30.3 Å². The van der Waals surface area contributed by atoms with Gasteiger partial charge in [0.25, 0.3) is 0 Å². The zero-order valence-corrected chi connectivity index (χ0v) is 14.0. The first-order chi connectivity index (χ1) is 12.0. The number of aromatic hydroxyl groups is 1. The summed E-state index contributed by atoms with van der Waals surface area (Å²) in [6.45, 7) is 1.70. The average molecular weight is 335 g/mol. The van der Waals surface area contributed by atoms with E-state index in [2.05, 4.69) is 0 Å². The molecule has 0 saturated heterocycles. The minimum absolute atomic E-state index is 0.0847. The minimum Gasteiger partial charge on any atom is -0.507 e. The molecule has 25 heavy (non-hydrogen) atoms. The largest absolute Gasteiger partial charge is 0.507 e. The highest BCUT2D eigenvalue weighted by atomic mass is 16.5. The summed E-state index contributed by atoms with van der Waals surface area (Å²) in [4.78, 5) is 0. The van der Waals surface area contributed by atoms with Crippen molar-refractivity contribution in [1.82, 2.24) is 0 Å². The molecule has 0 aliphatic rings. The lowest BCUT2D eigenvalue weighted by Crippen LogP contribution is -2.25. The van der Waals surface area contributed by atoms with E-state index in [4.69, 9.17) is 5.73 Å². The van der Waals surface area contributed by atoms with Crippen LogP contribution in [0.5, 0.6) is 5.75 Å². The molecule has 0 aromatic heterocycles. The summed E-state index contributed by atoms with van der Waals surface area (Å²) < 4.78 is 0. The van der Waals surface area contributed by atoms with Crippen molar-refractivity contribution in [3.05, 3.63) is 72.3 Å². The number of phenolic OH excluding ortho intramolecular Hbond substituents is 1. The molecule has 3 rings (SSSR count). The van der Waals surface area contributed by atoms with Gasteiger partial charge in [-0.25, -0.2) is 0 Å². The smallest absolute Gasteiger partial charge is 0.190 e. The number of phenols is 1. The van der Waals surface area contributed by atoms with Crippen LogP contribution in [0.25, 0.3) is 22.3 Å². The van der Waals surface area contributed by atoms with Gasteiger partial charge < -0.3 is 21.1 Å². The van der Waals surface area contributed by atoms with E-state index in [1.54, 1.807) is 43.3 Å². The first-order valence-corrected chi connectivity index (χ1v) is 8.17. The predicted octanol–water partition coefficient (Wildman–Crippen LogP) is 3.86. The quantitative estimate of drug-likeness (QED) is 0.431. The number of hydrogen-bond acceptors (Lipinski definition) is 4. The summed E-state index contributed by atoms with van der Waals surface area (Å²) in [5.41, 5.74) is 9.58. The Morgan fingerprint density at radius 3 is 2.12 bits per heavy atom. The number of nitrogen functional groups attached to an aromatic ring is 1. The van der Waals surface area contributed by atoms with Crippen LogP contribution in [0.15, 0.2) is 66.7 Å². The van der Waals surface area contributed by atoms with Crippen LogP contribution in [0.4, 0.5) is 5.69 Å². The van der Waals surface area contributed by atoms with Crippen LogP contribution in [0.2, 0.25) is 0 Å². The molecule has 0 saturated carbocycles. The molecule has 0 spiro atoms. The van der Waals surface area contributed by atoms with Gasteiger partial charge in [-0.1, -0.05) is 61.5 Å². The van der Waals surface area contributed by atoms with Crippen LogP contribution >= 0.6 is 0 Å². The summed E-state index contributed by atoms with van der Waals surface area (Å²) in [5, 5.41) is 31.4. The Morgan fingerprint density at radius 1 is 0.840 bits per heavy atom. The molecule has 4 heteroatoms. The fourth-order valence-electron chi connectivity index (χ4n) is 3.02. The van der Waals surface area contributed by atoms with Gasteiger partial charge >= 0.3 is 0 Å². The fraction of sp³-hybridized carbons (Fsp3) is 0.143. The summed E-state index contributed by atoms with van der Waals surface area (Å²) in [6, 6.07) is 19.6. The Balaban J connectivity index is 2.42. The van der Waals surface area contributed by atoms with Crippen molar-refractivity contribution in [2.45, 2.75) is 19.1 Å². The van der Waals surface area contributed by atoms with Crippen LogP contribution < -0.4 is 5.73 Å². The van der Waals surface area contributed by atoms with E-state index >= 15 is 0 Å². The number of nitrogens with two attached hydrogens (primary N) is 1. The highest BCUT2D eigenvalue weighted by Gasteiger charge is 2.30. The predicted molar refractivity (Wildman–Crippen MR) is 99.8 cm³/mol. The van der Waals surface area contributed by atoms with Crippen LogP contribution in [0, 0.1) is 0 Å². The minimum atomic E-state index is -2.00. The van der Waals surface area contributed by atoms with E-state index in [0.717, 1.165) is 5.56 Å². The van der Waals surface area contributed by atoms with Crippen molar-refractivity contribution in [3.8, 4) is 28.0 Å². The van der Waals surface area contributed by atoms with E-state index < -0.39 is 5.79 Å². The number of para-hydroxylation sites is 1.